The fourth-order valence-corrected chi connectivity index (χ4v) is 1.95. The Morgan fingerprint density at radius 1 is 1.47 bits per heavy atom. The molecule has 0 amide bonds. The van der Waals surface area contributed by atoms with Crippen molar-refractivity contribution >= 4 is 25.7 Å². The maximum Gasteiger partial charge on any atom is 0.355 e. The second-order valence-corrected chi connectivity index (χ2v) is 5.80. The number of hydrogen-bond donors (Lipinski definition) is 0. The molecule has 6 nitrogen and oxygen atoms in total. The van der Waals surface area contributed by atoms with Gasteiger partial charge in [0.2, 0.25) is 0 Å². The fourth-order valence-electron chi connectivity index (χ4n) is 1.16. The predicted octanol–water partition coefficient (Wildman–Crippen LogP) is 0.756. The summed E-state index contributed by atoms with van der Waals surface area (Å²) in [6.07, 6.45) is 1.25. The standard InChI is InChI=1S/C9H12ClNO5S/c1-11-6-7(17(10,13)14)5-8(11)9(12)16-4-3-15-2/h5-6H,3-4H2,1-2H3. The number of aromatic nitrogens is 1. The lowest BCUT2D eigenvalue weighted by Crippen LogP contribution is -2.12. The van der Waals surface area contributed by atoms with Crippen molar-refractivity contribution < 1.29 is 22.7 Å². The van der Waals surface area contributed by atoms with Crippen molar-refractivity contribution in [1.29, 1.82) is 0 Å². The number of hydrogen-bond acceptors (Lipinski definition) is 5. The van der Waals surface area contributed by atoms with Crippen molar-refractivity contribution in [1.82, 2.24) is 4.57 Å². The zero-order valence-electron chi connectivity index (χ0n) is 9.34. The molecule has 1 rings (SSSR count). The highest BCUT2D eigenvalue weighted by atomic mass is 35.7. The molecule has 0 fully saturated rings. The molecule has 0 aliphatic carbocycles. The summed E-state index contributed by atoms with van der Waals surface area (Å²) in [7, 11) is 4.32. The van der Waals surface area contributed by atoms with E-state index in [1.54, 1.807) is 0 Å². The number of carbonyl (C=O) groups excluding carboxylic acids is 1. The van der Waals surface area contributed by atoms with Gasteiger partial charge in [0.1, 0.15) is 17.2 Å². The van der Waals surface area contributed by atoms with Crippen LogP contribution in [0.3, 0.4) is 0 Å². The predicted molar refractivity (Wildman–Crippen MR) is 60.6 cm³/mol. The molecular formula is C9H12ClNO5S. The van der Waals surface area contributed by atoms with E-state index in [9.17, 15) is 13.2 Å². The second kappa shape index (κ2) is 5.52. The first-order valence-electron chi connectivity index (χ1n) is 4.63. The normalized spacial score (nSPS) is 11.5. The van der Waals surface area contributed by atoms with Gasteiger partial charge in [-0.1, -0.05) is 0 Å². The second-order valence-electron chi connectivity index (χ2n) is 3.24. The van der Waals surface area contributed by atoms with Gasteiger partial charge in [-0.2, -0.15) is 0 Å². The Balaban J connectivity index is 2.85. The Morgan fingerprint density at radius 2 is 2.12 bits per heavy atom. The highest BCUT2D eigenvalue weighted by Crippen LogP contribution is 2.18. The molecule has 0 aliphatic rings. The van der Waals surface area contributed by atoms with Gasteiger partial charge in [-0.25, -0.2) is 13.2 Å². The van der Waals surface area contributed by atoms with Crippen molar-refractivity contribution in [3.05, 3.63) is 18.0 Å². The van der Waals surface area contributed by atoms with Gasteiger partial charge in [0.05, 0.1) is 6.61 Å². The molecule has 17 heavy (non-hydrogen) atoms. The average molecular weight is 282 g/mol. The minimum absolute atomic E-state index is 0.101. The van der Waals surface area contributed by atoms with E-state index in [-0.39, 0.29) is 23.8 Å². The Kier molecular flexibility index (Phi) is 4.55. The number of ether oxygens (including phenoxy) is 2. The highest BCUT2D eigenvalue weighted by Gasteiger charge is 2.19. The fraction of sp³-hybridized carbons (Fsp3) is 0.444. The molecule has 0 saturated carbocycles. The smallest absolute Gasteiger partial charge is 0.355 e. The summed E-state index contributed by atoms with van der Waals surface area (Å²) in [6, 6.07) is 1.16. The number of carbonyl (C=O) groups is 1. The largest absolute Gasteiger partial charge is 0.459 e. The third-order valence-corrected chi connectivity index (χ3v) is 3.31. The lowest BCUT2D eigenvalue weighted by Gasteiger charge is -2.04. The molecule has 0 aliphatic heterocycles. The van der Waals surface area contributed by atoms with Crippen LogP contribution in [-0.2, 0) is 25.6 Å². The molecule has 0 aromatic carbocycles. The Bertz CT molecular complexity index is 507. The van der Waals surface area contributed by atoms with E-state index in [2.05, 4.69) is 0 Å². The number of aryl methyl sites for hydroxylation is 1. The lowest BCUT2D eigenvalue weighted by atomic mass is 10.4. The summed E-state index contributed by atoms with van der Waals surface area (Å²) in [6.45, 7) is 0.375. The van der Waals surface area contributed by atoms with E-state index < -0.39 is 15.0 Å². The van der Waals surface area contributed by atoms with Crippen LogP contribution in [0, 0.1) is 0 Å². The molecule has 0 spiro atoms. The molecule has 1 aromatic rings. The average Bonchev–Trinajstić information content (AvgIpc) is 2.60. The molecule has 0 unspecified atom stereocenters. The summed E-state index contributed by atoms with van der Waals surface area (Å²) in [4.78, 5) is 11.4. The van der Waals surface area contributed by atoms with Crippen molar-refractivity contribution in [3.8, 4) is 0 Å². The monoisotopic (exact) mass is 281 g/mol. The molecule has 0 atom stereocenters. The lowest BCUT2D eigenvalue weighted by molar-refractivity contribution is 0.0378. The Hall–Kier alpha value is -1.05. The Morgan fingerprint density at radius 3 is 2.59 bits per heavy atom. The molecule has 1 aromatic heterocycles. The number of nitrogens with zero attached hydrogens (tertiary/aromatic N) is 1. The molecule has 8 heteroatoms. The summed E-state index contributed by atoms with van der Waals surface area (Å²) >= 11 is 0. The van der Waals surface area contributed by atoms with Crippen LogP contribution in [0.25, 0.3) is 0 Å². The first-order chi connectivity index (χ1) is 7.86. The van der Waals surface area contributed by atoms with Crippen LogP contribution in [-0.4, -0.2) is 39.3 Å². The van der Waals surface area contributed by atoms with Gasteiger partial charge in [0.25, 0.3) is 9.05 Å². The van der Waals surface area contributed by atoms with Gasteiger partial charge >= 0.3 is 5.97 Å². The third kappa shape index (κ3) is 3.72. The van der Waals surface area contributed by atoms with Gasteiger partial charge < -0.3 is 14.0 Å². The topological polar surface area (TPSA) is 74.6 Å². The van der Waals surface area contributed by atoms with E-state index in [1.165, 1.54) is 24.9 Å². The zero-order chi connectivity index (χ0) is 13.1. The van der Waals surface area contributed by atoms with E-state index in [0.717, 1.165) is 6.07 Å². The van der Waals surface area contributed by atoms with E-state index in [1.807, 2.05) is 0 Å². The van der Waals surface area contributed by atoms with Crippen molar-refractivity contribution in [2.75, 3.05) is 20.3 Å². The maximum atomic E-state index is 11.5. The molecule has 0 N–H and O–H groups in total. The first kappa shape index (κ1) is 14.0. The van der Waals surface area contributed by atoms with Crippen molar-refractivity contribution in [3.63, 3.8) is 0 Å². The minimum atomic E-state index is -3.84. The zero-order valence-corrected chi connectivity index (χ0v) is 10.9. The molecule has 0 bridgehead atoms. The van der Waals surface area contributed by atoms with Crippen LogP contribution >= 0.6 is 10.7 Å². The van der Waals surface area contributed by atoms with Gasteiger partial charge in [-0.3, -0.25) is 0 Å². The van der Waals surface area contributed by atoms with Gasteiger partial charge in [0.15, 0.2) is 0 Å². The molecular weight excluding hydrogens is 270 g/mol. The quantitative estimate of drug-likeness (QED) is 0.452. The Labute approximate surface area is 103 Å². The number of esters is 1. The van der Waals surface area contributed by atoms with Crippen LogP contribution in [0.1, 0.15) is 10.5 Å². The van der Waals surface area contributed by atoms with Crippen LogP contribution in [0.2, 0.25) is 0 Å². The number of halogens is 1. The van der Waals surface area contributed by atoms with E-state index in [0.29, 0.717) is 0 Å². The summed E-state index contributed by atoms with van der Waals surface area (Å²) in [5, 5.41) is 0. The first-order valence-corrected chi connectivity index (χ1v) is 6.94. The van der Waals surface area contributed by atoms with Crippen molar-refractivity contribution in [2.24, 2.45) is 7.05 Å². The van der Waals surface area contributed by atoms with Gasteiger partial charge in [-0.05, 0) is 6.07 Å². The summed E-state index contributed by atoms with van der Waals surface area (Å²) in [5.41, 5.74) is 0.111. The van der Waals surface area contributed by atoms with E-state index >= 15 is 0 Å². The van der Waals surface area contributed by atoms with Crippen molar-refractivity contribution in [2.45, 2.75) is 4.90 Å². The molecule has 96 valence electrons. The number of methoxy groups -OCH3 is 1. The van der Waals surface area contributed by atoms with E-state index in [4.69, 9.17) is 20.2 Å². The minimum Gasteiger partial charge on any atom is -0.459 e. The molecule has 0 saturated heterocycles. The van der Waals surface area contributed by atoms with Crippen LogP contribution < -0.4 is 0 Å². The SMILES string of the molecule is COCCOC(=O)c1cc(S(=O)(=O)Cl)cn1C. The van der Waals surface area contributed by atoms with Gasteiger partial charge in [0, 0.05) is 31.0 Å². The number of rotatable bonds is 5. The van der Waals surface area contributed by atoms with Gasteiger partial charge in [-0.15, -0.1) is 0 Å². The highest BCUT2D eigenvalue weighted by molar-refractivity contribution is 8.13. The third-order valence-electron chi connectivity index (χ3n) is 1.99. The molecule has 1 heterocycles. The summed E-state index contributed by atoms with van der Waals surface area (Å²) in [5.74, 6) is -0.629. The maximum absolute atomic E-state index is 11.5. The van der Waals surface area contributed by atoms with Crippen LogP contribution in [0.5, 0.6) is 0 Å². The van der Waals surface area contributed by atoms with Crippen LogP contribution in [0.15, 0.2) is 17.2 Å². The van der Waals surface area contributed by atoms with Crippen LogP contribution in [0.4, 0.5) is 0 Å². The summed E-state index contributed by atoms with van der Waals surface area (Å²) < 4.78 is 33.0. The molecule has 0 radical (unpaired) electrons.